The maximum Gasteiger partial charge on any atom is 0.516 e. The summed E-state index contributed by atoms with van der Waals surface area (Å²) in [5.41, 5.74) is -2.65. The van der Waals surface area contributed by atoms with Gasteiger partial charge in [0.05, 0.1) is 16.4 Å². The Bertz CT molecular complexity index is 1400. The lowest BCUT2D eigenvalue weighted by molar-refractivity contribution is -0.0429. The average molecular weight is 502 g/mol. The first-order chi connectivity index (χ1) is 15.1. The fourth-order valence-corrected chi connectivity index (χ4v) is 4.68. The van der Waals surface area contributed by atoms with Gasteiger partial charge in [0.15, 0.2) is 5.65 Å². The molecule has 0 saturated heterocycles. The van der Waals surface area contributed by atoms with Crippen LogP contribution in [0.25, 0.3) is 33.0 Å². The number of sulfonamides is 1. The Balaban J connectivity index is 1.65. The molecule has 32 heavy (non-hydrogen) atoms. The standard InChI is InChI=1S/C19H15ClF3N5O2S2/c1-2-3-15-26-16-12(6-7-24-17(16)27-15)18-25-14(9-31-18)11-5-4-10(8-13(11)20)28-32(29,30)19(21,22)23/h4-9,28H,2-3H2,1H3,(H,24,26,27). The summed E-state index contributed by atoms with van der Waals surface area (Å²) in [7, 11) is -5.54. The van der Waals surface area contributed by atoms with E-state index in [0.29, 0.717) is 27.4 Å². The van der Waals surface area contributed by atoms with Crippen molar-refractivity contribution in [3.8, 4) is 21.8 Å². The fourth-order valence-electron chi connectivity index (χ4n) is 3.01. The molecular formula is C19H15ClF3N5O2S2. The highest BCUT2D eigenvalue weighted by Crippen LogP contribution is 2.36. The van der Waals surface area contributed by atoms with Crippen molar-refractivity contribution in [1.29, 1.82) is 0 Å². The Morgan fingerprint density at radius 3 is 2.66 bits per heavy atom. The van der Waals surface area contributed by atoms with E-state index >= 15 is 0 Å². The predicted molar refractivity (Wildman–Crippen MR) is 118 cm³/mol. The molecule has 3 aromatic heterocycles. The number of thiazole rings is 1. The van der Waals surface area contributed by atoms with Crippen molar-refractivity contribution in [2.45, 2.75) is 25.3 Å². The first kappa shape index (κ1) is 22.5. The third kappa shape index (κ3) is 4.30. The number of aromatic amines is 1. The maximum atomic E-state index is 12.6. The van der Waals surface area contributed by atoms with E-state index in [-0.39, 0.29) is 10.7 Å². The first-order valence-corrected chi connectivity index (χ1v) is 12.0. The van der Waals surface area contributed by atoms with Gasteiger partial charge in [-0.15, -0.1) is 11.3 Å². The van der Waals surface area contributed by atoms with Gasteiger partial charge < -0.3 is 4.98 Å². The number of fused-ring (bicyclic) bond motifs is 1. The number of aryl methyl sites for hydroxylation is 1. The van der Waals surface area contributed by atoms with Crippen LogP contribution in [0.2, 0.25) is 5.02 Å². The molecule has 4 aromatic rings. The van der Waals surface area contributed by atoms with Gasteiger partial charge in [0.25, 0.3) is 0 Å². The minimum Gasteiger partial charge on any atom is -0.327 e. The number of benzene rings is 1. The van der Waals surface area contributed by atoms with E-state index in [1.165, 1.54) is 28.2 Å². The van der Waals surface area contributed by atoms with E-state index in [9.17, 15) is 21.6 Å². The van der Waals surface area contributed by atoms with Crippen molar-refractivity contribution in [3.63, 3.8) is 0 Å². The third-order valence-electron chi connectivity index (χ3n) is 4.46. The number of alkyl halides is 3. The quantitative estimate of drug-likeness (QED) is 0.357. The van der Waals surface area contributed by atoms with Crippen LogP contribution in [-0.4, -0.2) is 33.9 Å². The number of imidazole rings is 1. The van der Waals surface area contributed by atoms with E-state index in [1.807, 2.05) is 0 Å². The van der Waals surface area contributed by atoms with Gasteiger partial charge in [-0.25, -0.2) is 15.0 Å². The second kappa shape index (κ2) is 8.34. The van der Waals surface area contributed by atoms with E-state index in [4.69, 9.17) is 11.6 Å². The molecular weight excluding hydrogens is 487 g/mol. The molecule has 0 aliphatic carbocycles. The molecule has 0 aliphatic rings. The largest absolute Gasteiger partial charge is 0.516 e. The number of H-pyrrole nitrogens is 1. The number of nitrogens with zero attached hydrogens (tertiary/aromatic N) is 3. The van der Waals surface area contributed by atoms with Gasteiger partial charge in [-0.1, -0.05) is 18.5 Å². The van der Waals surface area contributed by atoms with Crippen LogP contribution < -0.4 is 4.72 Å². The van der Waals surface area contributed by atoms with Crippen LogP contribution in [0.15, 0.2) is 35.8 Å². The number of anilines is 1. The Hall–Kier alpha value is -2.70. The highest BCUT2D eigenvalue weighted by atomic mass is 35.5. The zero-order valence-electron chi connectivity index (χ0n) is 16.4. The minimum absolute atomic E-state index is 0.0501. The molecule has 0 aliphatic heterocycles. The second-order valence-corrected chi connectivity index (χ2v) is 9.71. The van der Waals surface area contributed by atoms with Crippen molar-refractivity contribution < 1.29 is 21.6 Å². The van der Waals surface area contributed by atoms with Crippen LogP contribution in [0, 0.1) is 0 Å². The second-order valence-electron chi connectivity index (χ2n) is 6.77. The molecule has 0 saturated carbocycles. The van der Waals surface area contributed by atoms with Gasteiger partial charge in [-0.05, 0) is 30.7 Å². The van der Waals surface area contributed by atoms with Crippen molar-refractivity contribution in [2.24, 2.45) is 0 Å². The van der Waals surface area contributed by atoms with E-state index in [1.54, 1.807) is 17.6 Å². The van der Waals surface area contributed by atoms with Gasteiger partial charge in [0.1, 0.15) is 16.3 Å². The highest BCUT2D eigenvalue weighted by Gasteiger charge is 2.46. The van der Waals surface area contributed by atoms with Crippen LogP contribution in [-0.2, 0) is 16.4 Å². The monoisotopic (exact) mass is 501 g/mol. The van der Waals surface area contributed by atoms with Gasteiger partial charge in [-0.3, -0.25) is 4.72 Å². The average Bonchev–Trinajstić information content (AvgIpc) is 3.33. The summed E-state index contributed by atoms with van der Waals surface area (Å²) in [6, 6.07) is 5.51. The summed E-state index contributed by atoms with van der Waals surface area (Å²) in [6.45, 7) is 2.05. The molecule has 0 spiro atoms. The maximum absolute atomic E-state index is 12.6. The van der Waals surface area contributed by atoms with Crippen LogP contribution >= 0.6 is 22.9 Å². The SMILES string of the molecule is CCCc1nc2c(-c3nc(-c4ccc(NS(=O)(=O)C(F)(F)F)cc4Cl)cs3)ccnc2[nH]1. The summed E-state index contributed by atoms with van der Waals surface area (Å²) in [5, 5.41) is 2.47. The van der Waals surface area contributed by atoms with Crippen LogP contribution in [0.3, 0.4) is 0 Å². The molecule has 0 unspecified atom stereocenters. The molecule has 0 bridgehead atoms. The smallest absolute Gasteiger partial charge is 0.327 e. The molecule has 0 radical (unpaired) electrons. The number of halogens is 4. The van der Waals surface area contributed by atoms with Crippen molar-refractivity contribution >= 4 is 49.8 Å². The number of nitrogens with one attached hydrogen (secondary N) is 2. The molecule has 7 nitrogen and oxygen atoms in total. The third-order valence-corrected chi connectivity index (χ3v) is 6.76. The molecule has 0 fully saturated rings. The Morgan fingerprint density at radius 1 is 1.19 bits per heavy atom. The van der Waals surface area contributed by atoms with E-state index in [0.717, 1.165) is 30.3 Å². The number of pyridine rings is 1. The molecule has 3 heterocycles. The van der Waals surface area contributed by atoms with Gasteiger partial charge in [0, 0.05) is 29.1 Å². The molecule has 13 heteroatoms. The molecule has 168 valence electrons. The zero-order chi connectivity index (χ0) is 23.1. The predicted octanol–water partition coefficient (Wildman–Crippen LogP) is 5.62. The lowest BCUT2D eigenvalue weighted by Gasteiger charge is -2.11. The summed E-state index contributed by atoms with van der Waals surface area (Å²) in [5.74, 6) is 0.833. The number of hydrogen-bond acceptors (Lipinski definition) is 6. The molecule has 4 rings (SSSR count). The number of rotatable bonds is 6. The number of aromatic nitrogens is 4. The van der Waals surface area contributed by atoms with Crippen LogP contribution in [0.4, 0.5) is 18.9 Å². The number of hydrogen-bond donors (Lipinski definition) is 2. The lowest BCUT2D eigenvalue weighted by atomic mass is 10.1. The highest BCUT2D eigenvalue weighted by molar-refractivity contribution is 7.93. The molecule has 2 N–H and O–H groups in total. The summed E-state index contributed by atoms with van der Waals surface area (Å²) in [4.78, 5) is 16.7. The van der Waals surface area contributed by atoms with Crippen LogP contribution in [0.5, 0.6) is 0 Å². The van der Waals surface area contributed by atoms with E-state index < -0.39 is 15.5 Å². The zero-order valence-corrected chi connectivity index (χ0v) is 18.8. The summed E-state index contributed by atoms with van der Waals surface area (Å²) < 4.78 is 61.8. The van der Waals surface area contributed by atoms with Gasteiger partial charge >= 0.3 is 15.5 Å². The van der Waals surface area contributed by atoms with Crippen molar-refractivity contribution in [2.75, 3.05) is 4.72 Å². The van der Waals surface area contributed by atoms with Crippen LogP contribution in [0.1, 0.15) is 19.2 Å². The molecule has 1 aromatic carbocycles. The summed E-state index contributed by atoms with van der Waals surface area (Å²) >= 11 is 7.57. The van der Waals surface area contributed by atoms with Crippen molar-refractivity contribution in [3.05, 3.63) is 46.7 Å². The Kier molecular flexibility index (Phi) is 5.86. The fraction of sp³-hybridized carbons (Fsp3) is 0.211. The van der Waals surface area contributed by atoms with Gasteiger partial charge in [0.2, 0.25) is 0 Å². The minimum atomic E-state index is -5.54. The normalized spacial score (nSPS) is 12.4. The van der Waals surface area contributed by atoms with Crippen molar-refractivity contribution in [1.82, 2.24) is 19.9 Å². The lowest BCUT2D eigenvalue weighted by Crippen LogP contribution is -2.29. The first-order valence-electron chi connectivity index (χ1n) is 9.27. The van der Waals surface area contributed by atoms with Gasteiger partial charge in [-0.2, -0.15) is 21.6 Å². The van der Waals surface area contributed by atoms with E-state index in [2.05, 4.69) is 26.9 Å². The summed E-state index contributed by atoms with van der Waals surface area (Å²) in [6.07, 6.45) is 3.38. The Labute approximate surface area is 189 Å². The molecule has 0 atom stereocenters. The topological polar surface area (TPSA) is 101 Å². The Morgan fingerprint density at radius 2 is 1.97 bits per heavy atom. The molecule has 0 amide bonds.